The molecule has 0 fully saturated rings. The van der Waals surface area contributed by atoms with E-state index in [9.17, 15) is 0 Å². The van der Waals surface area contributed by atoms with Crippen molar-refractivity contribution in [2.24, 2.45) is 10.8 Å². The predicted molar refractivity (Wildman–Crippen MR) is 86.2 cm³/mol. The molecule has 0 saturated carbocycles. The maximum atomic E-state index is 5.22. The third-order valence-electron chi connectivity index (χ3n) is 5.38. The summed E-state index contributed by atoms with van der Waals surface area (Å²) in [4.78, 5) is 0. The van der Waals surface area contributed by atoms with E-state index in [0.29, 0.717) is 10.8 Å². The largest absolute Gasteiger partial charge is 0.497 e. The van der Waals surface area contributed by atoms with Crippen LogP contribution in [-0.4, -0.2) is 7.11 Å². The van der Waals surface area contributed by atoms with Gasteiger partial charge in [0, 0.05) is 0 Å². The van der Waals surface area contributed by atoms with Crippen molar-refractivity contribution in [3.05, 3.63) is 41.5 Å². The lowest BCUT2D eigenvalue weighted by Crippen LogP contribution is -2.38. The van der Waals surface area contributed by atoms with E-state index in [0.717, 1.165) is 12.2 Å². The van der Waals surface area contributed by atoms with Crippen molar-refractivity contribution in [1.29, 1.82) is 0 Å². The first-order valence-electron chi connectivity index (χ1n) is 7.65. The van der Waals surface area contributed by atoms with Crippen LogP contribution in [0.3, 0.4) is 0 Å². The Kier molecular flexibility index (Phi) is 4.27. The van der Waals surface area contributed by atoms with E-state index in [2.05, 4.69) is 58.0 Å². The van der Waals surface area contributed by atoms with Gasteiger partial charge in [-0.3, -0.25) is 0 Å². The third kappa shape index (κ3) is 3.08. The fraction of sp³-hybridized carbons (Fsp3) is 0.579. The van der Waals surface area contributed by atoms with E-state index in [1.807, 2.05) is 0 Å². The van der Waals surface area contributed by atoms with Gasteiger partial charge in [0.25, 0.3) is 0 Å². The second kappa shape index (κ2) is 5.63. The molecule has 20 heavy (non-hydrogen) atoms. The summed E-state index contributed by atoms with van der Waals surface area (Å²) >= 11 is 0. The smallest absolute Gasteiger partial charge is 0.118 e. The van der Waals surface area contributed by atoms with Gasteiger partial charge in [0.05, 0.1) is 7.11 Å². The summed E-state index contributed by atoms with van der Waals surface area (Å²) < 4.78 is 5.22. The van der Waals surface area contributed by atoms with Gasteiger partial charge in [0.2, 0.25) is 0 Å². The molecule has 0 aromatic heterocycles. The van der Waals surface area contributed by atoms with Crippen LogP contribution in [0.4, 0.5) is 0 Å². The lowest BCUT2D eigenvalue weighted by atomic mass is 9.57. The zero-order chi connectivity index (χ0) is 14.8. The van der Waals surface area contributed by atoms with Crippen molar-refractivity contribution < 1.29 is 4.74 Å². The first-order valence-corrected chi connectivity index (χ1v) is 7.65. The number of benzene rings is 1. The van der Waals surface area contributed by atoms with Crippen molar-refractivity contribution in [2.45, 2.75) is 53.4 Å². The topological polar surface area (TPSA) is 9.23 Å². The second-order valence-electron chi connectivity index (χ2n) is 7.22. The van der Waals surface area contributed by atoms with Crippen molar-refractivity contribution in [2.75, 3.05) is 7.11 Å². The van der Waals surface area contributed by atoms with Crippen molar-refractivity contribution in [3.8, 4) is 5.75 Å². The molecule has 1 atom stereocenters. The van der Waals surface area contributed by atoms with Gasteiger partial charge in [-0.15, -0.1) is 0 Å². The molecule has 0 amide bonds. The molecule has 0 bridgehead atoms. The number of hydrogen-bond donors (Lipinski definition) is 0. The number of methoxy groups -OCH3 is 1. The predicted octanol–water partition coefficient (Wildman–Crippen LogP) is 5.40. The maximum Gasteiger partial charge on any atom is 0.118 e. The van der Waals surface area contributed by atoms with Gasteiger partial charge in [-0.25, -0.2) is 0 Å². The van der Waals surface area contributed by atoms with Crippen LogP contribution in [0.5, 0.6) is 5.75 Å². The summed E-state index contributed by atoms with van der Waals surface area (Å²) in [7, 11) is 1.72. The van der Waals surface area contributed by atoms with E-state index in [4.69, 9.17) is 4.74 Å². The minimum Gasteiger partial charge on any atom is -0.497 e. The molecule has 0 N–H and O–H groups in total. The third-order valence-corrected chi connectivity index (χ3v) is 5.38. The Morgan fingerprint density at radius 3 is 2.30 bits per heavy atom. The van der Waals surface area contributed by atoms with Crippen LogP contribution in [0.2, 0.25) is 0 Å². The number of allylic oxidation sites excluding steroid dienone is 2. The SMILES string of the molecule is COc1ccc(CCC2(C)CC=C(C)CC2(C)C)cc1. The van der Waals surface area contributed by atoms with Crippen LogP contribution >= 0.6 is 0 Å². The highest BCUT2D eigenvalue weighted by atomic mass is 16.5. The Bertz CT molecular complexity index is 481. The molecular weight excluding hydrogens is 244 g/mol. The van der Waals surface area contributed by atoms with Crippen molar-refractivity contribution in [1.82, 2.24) is 0 Å². The molecule has 1 unspecified atom stereocenters. The summed E-state index contributed by atoms with van der Waals surface area (Å²) in [5, 5.41) is 0. The van der Waals surface area contributed by atoms with E-state index < -0.39 is 0 Å². The molecule has 0 saturated heterocycles. The van der Waals surface area contributed by atoms with Gasteiger partial charge in [-0.2, -0.15) is 0 Å². The van der Waals surface area contributed by atoms with Gasteiger partial charge in [0.15, 0.2) is 0 Å². The molecule has 2 rings (SSSR count). The van der Waals surface area contributed by atoms with Gasteiger partial charge in [0.1, 0.15) is 5.75 Å². The zero-order valence-electron chi connectivity index (χ0n) is 13.6. The quantitative estimate of drug-likeness (QED) is 0.667. The maximum absolute atomic E-state index is 5.22. The van der Waals surface area contributed by atoms with Gasteiger partial charge in [-0.1, -0.05) is 44.6 Å². The van der Waals surface area contributed by atoms with Crippen LogP contribution in [0, 0.1) is 10.8 Å². The minimum atomic E-state index is 0.387. The molecule has 0 heterocycles. The summed E-state index contributed by atoms with van der Waals surface area (Å²) in [5.74, 6) is 0.941. The fourth-order valence-corrected chi connectivity index (χ4v) is 3.31. The van der Waals surface area contributed by atoms with Gasteiger partial charge in [-0.05, 0) is 61.1 Å². The molecular formula is C19H28O. The lowest BCUT2D eigenvalue weighted by molar-refractivity contribution is 0.0704. The zero-order valence-corrected chi connectivity index (χ0v) is 13.6. The monoisotopic (exact) mass is 272 g/mol. The average molecular weight is 272 g/mol. The molecule has 1 aromatic carbocycles. The Balaban J connectivity index is 2.05. The highest BCUT2D eigenvalue weighted by molar-refractivity contribution is 5.27. The molecule has 110 valence electrons. The van der Waals surface area contributed by atoms with E-state index >= 15 is 0 Å². The van der Waals surface area contributed by atoms with Crippen LogP contribution in [-0.2, 0) is 6.42 Å². The molecule has 0 radical (unpaired) electrons. The summed E-state index contributed by atoms with van der Waals surface area (Å²) in [5.41, 5.74) is 3.75. The van der Waals surface area contributed by atoms with Crippen LogP contribution < -0.4 is 4.74 Å². The molecule has 1 aliphatic rings. The molecule has 0 spiro atoms. The number of ether oxygens (including phenoxy) is 1. The Hall–Kier alpha value is -1.24. The lowest BCUT2D eigenvalue weighted by Gasteiger charge is -2.47. The van der Waals surface area contributed by atoms with Gasteiger partial charge >= 0.3 is 0 Å². The fourth-order valence-electron chi connectivity index (χ4n) is 3.31. The second-order valence-corrected chi connectivity index (χ2v) is 7.22. The number of hydrogen-bond acceptors (Lipinski definition) is 1. The molecule has 1 aliphatic carbocycles. The number of rotatable bonds is 4. The molecule has 1 aromatic rings. The Morgan fingerprint density at radius 2 is 1.75 bits per heavy atom. The Labute approximate surface area is 124 Å². The molecule has 0 aliphatic heterocycles. The van der Waals surface area contributed by atoms with E-state index in [1.54, 1.807) is 12.7 Å². The first-order chi connectivity index (χ1) is 9.36. The number of aryl methyl sites for hydroxylation is 1. The summed E-state index contributed by atoms with van der Waals surface area (Å²) in [6.45, 7) is 9.58. The standard InChI is InChI=1S/C19H28O/c1-15-10-12-19(4,18(2,3)14-15)13-11-16-6-8-17(20-5)9-7-16/h6-10H,11-14H2,1-5H3. The highest BCUT2D eigenvalue weighted by Crippen LogP contribution is 2.52. The first kappa shape index (κ1) is 15.2. The van der Waals surface area contributed by atoms with Crippen LogP contribution in [0.15, 0.2) is 35.9 Å². The van der Waals surface area contributed by atoms with Crippen LogP contribution in [0.1, 0.15) is 52.5 Å². The highest BCUT2D eigenvalue weighted by Gasteiger charge is 2.41. The molecule has 1 heteroatoms. The van der Waals surface area contributed by atoms with Crippen molar-refractivity contribution in [3.63, 3.8) is 0 Å². The van der Waals surface area contributed by atoms with Crippen LogP contribution in [0.25, 0.3) is 0 Å². The average Bonchev–Trinajstić information content (AvgIpc) is 2.41. The summed E-state index contributed by atoms with van der Waals surface area (Å²) in [6.07, 6.45) is 7.28. The normalized spacial score (nSPS) is 25.1. The van der Waals surface area contributed by atoms with Crippen molar-refractivity contribution >= 4 is 0 Å². The van der Waals surface area contributed by atoms with E-state index in [1.165, 1.54) is 24.8 Å². The molecule has 1 nitrogen and oxygen atoms in total. The Morgan fingerprint density at radius 1 is 1.10 bits per heavy atom. The minimum absolute atomic E-state index is 0.387. The van der Waals surface area contributed by atoms with E-state index in [-0.39, 0.29) is 0 Å². The summed E-state index contributed by atoms with van der Waals surface area (Å²) in [6, 6.07) is 8.51. The van der Waals surface area contributed by atoms with Gasteiger partial charge < -0.3 is 4.74 Å².